The number of nitro groups is 1. The number of aromatic nitrogens is 4. The number of carbonyl (C=O) groups excluding carboxylic acids is 1. The van der Waals surface area contributed by atoms with Crippen LogP contribution in [0.15, 0.2) is 18.6 Å². The van der Waals surface area contributed by atoms with E-state index in [1.54, 1.807) is 0 Å². The van der Waals surface area contributed by atoms with Crippen molar-refractivity contribution in [3.63, 3.8) is 0 Å². The molecule has 108 valence electrons. The maximum absolute atomic E-state index is 11.2. The van der Waals surface area contributed by atoms with E-state index in [0.717, 1.165) is 30.4 Å². The first-order chi connectivity index (χ1) is 9.93. The highest BCUT2D eigenvalue weighted by Crippen LogP contribution is 2.19. The van der Waals surface area contributed by atoms with E-state index in [1.807, 2.05) is 0 Å². The molecule has 0 bridgehead atoms. The summed E-state index contributed by atoms with van der Waals surface area (Å²) in [6.45, 7) is 0. The van der Waals surface area contributed by atoms with Gasteiger partial charge in [-0.2, -0.15) is 0 Å². The van der Waals surface area contributed by atoms with Crippen LogP contribution in [0.25, 0.3) is 5.82 Å². The summed E-state index contributed by atoms with van der Waals surface area (Å²) in [7, 11) is 1.15. The number of pyridine rings is 1. The Morgan fingerprint density at radius 1 is 1.43 bits per heavy atom. The van der Waals surface area contributed by atoms with E-state index in [4.69, 9.17) is 5.11 Å². The van der Waals surface area contributed by atoms with Gasteiger partial charge in [0, 0.05) is 6.07 Å². The number of rotatable bonds is 4. The first kappa shape index (κ1) is 14.0. The molecule has 1 N–H and O–H groups in total. The van der Waals surface area contributed by atoms with Crippen LogP contribution in [0, 0.1) is 10.1 Å². The van der Waals surface area contributed by atoms with Gasteiger partial charge in [-0.05, 0) is 0 Å². The highest BCUT2D eigenvalue weighted by atomic mass is 16.6. The molecular weight excluding hydrogens is 286 g/mol. The van der Waals surface area contributed by atoms with E-state index in [9.17, 15) is 19.7 Å². The number of esters is 1. The molecule has 0 saturated heterocycles. The van der Waals surface area contributed by atoms with Crippen LogP contribution in [0.3, 0.4) is 0 Å². The third-order valence-electron chi connectivity index (χ3n) is 2.39. The summed E-state index contributed by atoms with van der Waals surface area (Å²) < 4.78 is 5.42. The molecular formula is C10H7N5O6. The normalized spacial score (nSPS) is 10.1. The van der Waals surface area contributed by atoms with Crippen LogP contribution in [-0.2, 0) is 4.74 Å². The molecule has 11 nitrogen and oxygen atoms in total. The number of aromatic carboxylic acids is 1. The molecule has 0 aliphatic heterocycles. The Hall–Kier alpha value is -3.37. The van der Waals surface area contributed by atoms with E-state index in [1.165, 1.54) is 0 Å². The van der Waals surface area contributed by atoms with Crippen molar-refractivity contribution in [3.8, 4) is 5.82 Å². The predicted molar refractivity (Wildman–Crippen MR) is 64.1 cm³/mol. The van der Waals surface area contributed by atoms with E-state index >= 15 is 0 Å². The first-order valence-corrected chi connectivity index (χ1v) is 5.32. The number of carboxylic acids is 1. The van der Waals surface area contributed by atoms with Crippen LogP contribution >= 0.6 is 0 Å². The Morgan fingerprint density at radius 3 is 2.71 bits per heavy atom. The molecule has 2 heterocycles. The van der Waals surface area contributed by atoms with E-state index in [2.05, 4.69) is 19.8 Å². The number of carbonyl (C=O) groups is 2. The minimum absolute atomic E-state index is 0.0411. The summed E-state index contributed by atoms with van der Waals surface area (Å²) >= 11 is 0. The number of nitrogens with zero attached hydrogens (tertiary/aromatic N) is 5. The van der Waals surface area contributed by atoms with Crippen molar-refractivity contribution in [2.75, 3.05) is 7.11 Å². The van der Waals surface area contributed by atoms with Crippen LogP contribution in [0.2, 0.25) is 0 Å². The van der Waals surface area contributed by atoms with Gasteiger partial charge in [-0.3, -0.25) is 10.1 Å². The lowest BCUT2D eigenvalue weighted by Gasteiger charge is -2.01. The topological polar surface area (TPSA) is 150 Å². The molecule has 21 heavy (non-hydrogen) atoms. The summed E-state index contributed by atoms with van der Waals surface area (Å²) in [4.78, 5) is 39.4. The zero-order chi connectivity index (χ0) is 15.6. The molecule has 2 aromatic heterocycles. The number of hydrogen-bond acceptors (Lipinski definition) is 8. The summed E-state index contributed by atoms with van der Waals surface area (Å²) in [5.74, 6) is -2.57. The number of hydrogen-bond donors (Lipinski definition) is 1. The second-order valence-electron chi connectivity index (χ2n) is 3.63. The molecule has 0 fully saturated rings. The van der Waals surface area contributed by atoms with E-state index in [0.29, 0.717) is 0 Å². The van der Waals surface area contributed by atoms with Gasteiger partial charge in [-0.1, -0.05) is 0 Å². The van der Waals surface area contributed by atoms with E-state index < -0.39 is 28.1 Å². The zero-order valence-corrected chi connectivity index (χ0v) is 10.5. The average Bonchev–Trinajstić information content (AvgIpc) is 2.95. The van der Waals surface area contributed by atoms with Crippen molar-refractivity contribution < 1.29 is 24.4 Å². The Bertz CT molecular complexity index is 739. The lowest BCUT2D eigenvalue weighted by molar-refractivity contribution is -0.385. The van der Waals surface area contributed by atoms with Gasteiger partial charge in [0.1, 0.15) is 18.1 Å². The molecule has 0 aromatic carbocycles. The van der Waals surface area contributed by atoms with Crippen molar-refractivity contribution >= 4 is 17.6 Å². The number of ether oxygens (including phenoxy) is 1. The van der Waals surface area contributed by atoms with Crippen LogP contribution in [0.1, 0.15) is 21.0 Å². The second-order valence-corrected chi connectivity index (χ2v) is 3.63. The Labute approximate surface area is 116 Å². The quantitative estimate of drug-likeness (QED) is 0.468. The molecule has 11 heteroatoms. The van der Waals surface area contributed by atoms with Crippen LogP contribution in [-0.4, -0.2) is 48.8 Å². The highest BCUT2D eigenvalue weighted by Gasteiger charge is 2.22. The third-order valence-corrected chi connectivity index (χ3v) is 2.39. The van der Waals surface area contributed by atoms with Gasteiger partial charge in [-0.25, -0.2) is 24.2 Å². The standard InChI is InChI=1S/C10H7N5O6/c1-21-10(18)8-12-4-14(13-8)7-2-5(9(16)17)6(3-11-7)15(19)20/h2-4H,1H3,(H,16,17). The summed E-state index contributed by atoms with van der Waals surface area (Å²) in [6, 6.07) is 0.955. The van der Waals surface area contributed by atoms with Crippen molar-refractivity contribution in [1.82, 2.24) is 19.7 Å². The van der Waals surface area contributed by atoms with Gasteiger partial charge in [0.25, 0.3) is 5.82 Å². The largest absolute Gasteiger partial charge is 0.477 e. The third kappa shape index (κ3) is 2.65. The average molecular weight is 293 g/mol. The summed E-state index contributed by atoms with van der Waals surface area (Å²) in [5.41, 5.74) is -1.21. The highest BCUT2D eigenvalue weighted by molar-refractivity contribution is 5.92. The van der Waals surface area contributed by atoms with Crippen LogP contribution in [0.4, 0.5) is 5.69 Å². The fourth-order valence-electron chi connectivity index (χ4n) is 1.44. The molecule has 0 radical (unpaired) electrons. The molecule has 0 unspecified atom stereocenters. The Balaban J connectivity index is 2.48. The summed E-state index contributed by atoms with van der Waals surface area (Å²) in [6.07, 6.45) is 1.89. The summed E-state index contributed by atoms with van der Waals surface area (Å²) in [5, 5.41) is 23.4. The predicted octanol–water partition coefficient (Wildman–Crippen LogP) is 0.0553. The van der Waals surface area contributed by atoms with Gasteiger partial charge in [-0.15, -0.1) is 5.10 Å². The van der Waals surface area contributed by atoms with Crippen molar-refractivity contribution in [1.29, 1.82) is 0 Å². The van der Waals surface area contributed by atoms with Gasteiger partial charge in [0.05, 0.1) is 12.0 Å². The van der Waals surface area contributed by atoms with Crippen LogP contribution in [0.5, 0.6) is 0 Å². The maximum atomic E-state index is 11.2. The molecule has 0 aliphatic rings. The minimum Gasteiger partial charge on any atom is -0.477 e. The second kappa shape index (κ2) is 5.32. The van der Waals surface area contributed by atoms with Gasteiger partial charge in [0.2, 0.25) is 0 Å². The van der Waals surface area contributed by atoms with Gasteiger partial charge in [0.15, 0.2) is 5.82 Å². The van der Waals surface area contributed by atoms with Gasteiger partial charge >= 0.3 is 17.6 Å². The Morgan fingerprint density at radius 2 is 2.14 bits per heavy atom. The zero-order valence-electron chi connectivity index (χ0n) is 10.5. The lowest BCUT2D eigenvalue weighted by atomic mass is 10.2. The molecule has 0 aliphatic carbocycles. The van der Waals surface area contributed by atoms with E-state index in [-0.39, 0.29) is 11.6 Å². The number of methoxy groups -OCH3 is 1. The fraction of sp³-hybridized carbons (Fsp3) is 0.100. The SMILES string of the molecule is COC(=O)c1ncn(-c2cc(C(=O)O)c([N+](=O)[O-])cn2)n1. The molecule has 0 amide bonds. The number of carboxylic acid groups (broad SMARTS) is 1. The first-order valence-electron chi connectivity index (χ1n) is 5.32. The molecule has 2 aromatic rings. The fourth-order valence-corrected chi connectivity index (χ4v) is 1.44. The lowest BCUT2D eigenvalue weighted by Crippen LogP contribution is -2.08. The maximum Gasteiger partial charge on any atom is 0.377 e. The monoisotopic (exact) mass is 293 g/mol. The minimum atomic E-state index is -1.49. The molecule has 0 spiro atoms. The van der Waals surface area contributed by atoms with Crippen molar-refractivity contribution in [2.45, 2.75) is 0 Å². The molecule has 0 atom stereocenters. The van der Waals surface area contributed by atoms with Gasteiger partial charge < -0.3 is 9.84 Å². The molecule has 0 saturated carbocycles. The van der Waals surface area contributed by atoms with Crippen molar-refractivity contribution in [3.05, 3.63) is 40.1 Å². The smallest absolute Gasteiger partial charge is 0.377 e. The molecule has 2 rings (SSSR count). The van der Waals surface area contributed by atoms with Crippen LogP contribution < -0.4 is 0 Å². The Kier molecular flexibility index (Phi) is 3.56. The van der Waals surface area contributed by atoms with Crippen molar-refractivity contribution in [2.24, 2.45) is 0 Å².